The lowest BCUT2D eigenvalue weighted by Crippen LogP contribution is -2.52. The highest BCUT2D eigenvalue weighted by Crippen LogP contribution is 2.38. The lowest BCUT2D eigenvalue weighted by molar-refractivity contribution is 0.101. The van der Waals surface area contributed by atoms with Crippen LogP contribution in [0.5, 0.6) is 0 Å². The maximum absolute atomic E-state index is 13.4. The monoisotopic (exact) mass is 473 g/mol. The van der Waals surface area contributed by atoms with Crippen molar-refractivity contribution in [3.8, 4) is 0 Å². The molecule has 6 rings (SSSR count). The van der Waals surface area contributed by atoms with Gasteiger partial charge in [-0.05, 0) is 57.2 Å². The number of nitrogens with zero attached hydrogens (tertiary/aromatic N) is 5. The average Bonchev–Trinajstić information content (AvgIpc) is 3.35. The highest BCUT2D eigenvalue weighted by atomic mass is 16.1. The van der Waals surface area contributed by atoms with Gasteiger partial charge in [0.05, 0.1) is 17.4 Å². The number of aryl methyl sites for hydroxylation is 1. The van der Waals surface area contributed by atoms with Crippen molar-refractivity contribution in [2.24, 2.45) is 0 Å². The van der Waals surface area contributed by atoms with Gasteiger partial charge in [0.2, 0.25) is 5.95 Å². The van der Waals surface area contributed by atoms with Gasteiger partial charge in [-0.15, -0.1) is 0 Å². The molecular formula is C26H31N7O2. The van der Waals surface area contributed by atoms with E-state index in [1.165, 1.54) is 19.8 Å². The molecule has 9 heteroatoms. The summed E-state index contributed by atoms with van der Waals surface area (Å²) < 4.78 is 1.73. The molecular weight excluding hydrogens is 442 g/mol. The van der Waals surface area contributed by atoms with Crippen LogP contribution in [0.2, 0.25) is 0 Å². The van der Waals surface area contributed by atoms with Crippen molar-refractivity contribution in [3.05, 3.63) is 46.0 Å². The van der Waals surface area contributed by atoms with Gasteiger partial charge >= 0.3 is 0 Å². The van der Waals surface area contributed by atoms with E-state index in [0.717, 1.165) is 56.4 Å². The standard InChI is InChI=1S/C26H31N7O2/c1-16-20-14-28-25(31-23(20)33(18-5-3-4-6-18)24(35)22(16)17(2)34)30-21-8-7-19(13-27-21)32-12-11-29-26(15-32)9-10-26/h7-8,13-14,18,29H,3-6,9-12,15H2,1-2H3,(H,27,28,30,31). The second kappa shape index (κ2) is 8.41. The van der Waals surface area contributed by atoms with E-state index in [-0.39, 0.29) is 22.9 Å². The zero-order valence-electron chi connectivity index (χ0n) is 20.3. The molecule has 1 saturated heterocycles. The van der Waals surface area contributed by atoms with Crippen LogP contribution in [-0.4, -0.2) is 50.5 Å². The summed E-state index contributed by atoms with van der Waals surface area (Å²) in [5.41, 5.74) is 2.64. The number of hydrogen-bond acceptors (Lipinski definition) is 8. The number of rotatable bonds is 5. The largest absolute Gasteiger partial charge is 0.367 e. The number of pyridine rings is 2. The lowest BCUT2D eigenvalue weighted by Gasteiger charge is -2.35. The predicted octanol–water partition coefficient (Wildman–Crippen LogP) is 3.50. The van der Waals surface area contributed by atoms with Crippen molar-refractivity contribution in [2.75, 3.05) is 29.9 Å². The quantitative estimate of drug-likeness (QED) is 0.543. The molecule has 1 spiro atoms. The fourth-order valence-corrected chi connectivity index (χ4v) is 5.73. The zero-order valence-corrected chi connectivity index (χ0v) is 20.3. The minimum absolute atomic E-state index is 0.0534. The summed E-state index contributed by atoms with van der Waals surface area (Å²) in [6, 6.07) is 4.08. The molecule has 3 aliphatic rings. The van der Waals surface area contributed by atoms with Gasteiger partial charge in [0, 0.05) is 42.8 Å². The first-order chi connectivity index (χ1) is 16.9. The van der Waals surface area contributed by atoms with E-state index in [0.29, 0.717) is 28.5 Å². The summed E-state index contributed by atoms with van der Waals surface area (Å²) >= 11 is 0. The smallest absolute Gasteiger partial charge is 0.263 e. The number of hydrogen-bond donors (Lipinski definition) is 2. The van der Waals surface area contributed by atoms with Crippen LogP contribution in [0.4, 0.5) is 17.5 Å². The van der Waals surface area contributed by atoms with Gasteiger partial charge in [0.25, 0.3) is 5.56 Å². The highest BCUT2D eigenvalue weighted by molar-refractivity contribution is 5.99. The number of fused-ring (bicyclic) bond motifs is 1. The van der Waals surface area contributed by atoms with E-state index in [1.54, 1.807) is 17.7 Å². The molecule has 1 aliphatic heterocycles. The summed E-state index contributed by atoms with van der Waals surface area (Å²) in [6.07, 6.45) is 10.1. The maximum atomic E-state index is 13.4. The summed E-state index contributed by atoms with van der Waals surface area (Å²) in [5.74, 6) is 0.818. The fraction of sp³-hybridized carbons (Fsp3) is 0.500. The van der Waals surface area contributed by atoms with E-state index in [4.69, 9.17) is 4.98 Å². The molecule has 0 unspecified atom stereocenters. The Bertz CT molecular complexity index is 1350. The Morgan fingerprint density at radius 1 is 1.17 bits per heavy atom. The average molecular weight is 474 g/mol. The summed E-state index contributed by atoms with van der Waals surface area (Å²) in [5, 5.41) is 7.58. The molecule has 35 heavy (non-hydrogen) atoms. The fourth-order valence-electron chi connectivity index (χ4n) is 5.73. The van der Waals surface area contributed by atoms with E-state index in [2.05, 4.69) is 31.6 Å². The SMILES string of the molecule is CC(=O)c1c(C)c2cnc(Nc3ccc(N4CCNC5(CC5)C4)cn3)nc2n(C2CCCC2)c1=O. The highest BCUT2D eigenvalue weighted by Gasteiger charge is 2.45. The lowest BCUT2D eigenvalue weighted by atomic mass is 10.0. The molecule has 4 heterocycles. The van der Waals surface area contributed by atoms with E-state index in [9.17, 15) is 9.59 Å². The molecule has 0 bridgehead atoms. The number of anilines is 3. The predicted molar refractivity (Wildman–Crippen MR) is 136 cm³/mol. The summed E-state index contributed by atoms with van der Waals surface area (Å²) in [7, 11) is 0. The van der Waals surface area contributed by atoms with Crippen molar-refractivity contribution in [3.63, 3.8) is 0 Å². The first-order valence-corrected chi connectivity index (χ1v) is 12.6. The van der Waals surface area contributed by atoms with Gasteiger partial charge in [-0.2, -0.15) is 4.98 Å². The molecule has 2 aliphatic carbocycles. The van der Waals surface area contributed by atoms with Crippen molar-refractivity contribution in [1.29, 1.82) is 0 Å². The van der Waals surface area contributed by atoms with Crippen molar-refractivity contribution in [1.82, 2.24) is 24.8 Å². The number of piperazine rings is 1. The Morgan fingerprint density at radius 3 is 2.66 bits per heavy atom. The number of Topliss-reactive ketones (excluding diaryl/α,β-unsaturated/α-hetero) is 1. The zero-order chi connectivity index (χ0) is 24.2. The maximum Gasteiger partial charge on any atom is 0.263 e. The molecule has 0 radical (unpaired) electrons. The van der Waals surface area contributed by atoms with Crippen LogP contribution in [0.15, 0.2) is 29.3 Å². The molecule has 0 aromatic carbocycles. The second-order valence-electron chi connectivity index (χ2n) is 10.3. The van der Waals surface area contributed by atoms with Crippen LogP contribution in [0.3, 0.4) is 0 Å². The third-order valence-corrected chi connectivity index (χ3v) is 7.83. The minimum Gasteiger partial charge on any atom is -0.367 e. The first-order valence-electron chi connectivity index (χ1n) is 12.6. The van der Waals surface area contributed by atoms with Crippen molar-refractivity contribution >= 4 is 34.3 Å². The Balaban J connectivity index is 1.32. The van der Waals surface area contributed by atoms with Crippen LogP contribution in [0.1, 0.15) is 67.4 Å². The Kier molecular flexibility index (Phi) is 5.32. The molecule has 182 valence electrons. The number of carbonyl (C=O) groups excluding carboxylic acids is 1. The summed E-state index contributed by atoms with van der Waals surface area (Å²) in [4.78, 5) is 41.9. The molecule has 0 amide bonds. The molecule has 3 aromatic heterocycles. The number of ketones is 1. The van der Waals surface area contributed by atoms with Crippen LogP contribution < -0.4 is 21.1 Å². The molecule has 2 N–H and O–H groups in total. The normalized spacial score (nSPS) is 19.4. The molecule has 3 fully saturated rings. The number of nitrogens with one attached hydrogen (secondary N) is 2. The molecule has 9 nitrogen and oxygen atoms in total. The third-order valence-electron chi connectivity index (χ3n) is 7.83. The number of carbonyl (C=O) groups is 1. The van der Waals surface area contributed by atoms with Crippen LogP contribution in [0.25, 0.3) is 11.0 Å². The van der Waals surface area contributed by atoms with Gasteiger partial charge in [-0.25, -0.2) is 9.97 Å². The molecule has 0 atom stereocenters. The Labute approximate surface area is 204 Å². The van der Waals surface area contributed by atoms with Gasteiger partial charge in [0.15, 0.2) is 5.78 Å². The van der Waals surface area contributed by atoms with Crippen LogP contribution in [0, 0.1) is 6.92 Å². The van der Waals surface area contributed by atoms with E-state index < -0.39 is 0 Å². The number of aromatic nitrogens is 4. The van der Waals surface area contributed by atoms with Crippen molar-refractivity contribution < 1.29 is 4.79 Å². The Hall–Kier alpha value is -3.33. The van der Waals surface area contributed by atoms with Gasteiger partial charge in [0.1, 0.15) is 11.5 Å². The Morgan fingerprint density at radius 2 is 1.97 bits per heavy atom. The van der Waals surface area contributed by atoms with E-state index >= 15 is 0 Å². The van der Waals surface area contributed by atoms with Crippen LogP contribution in [-0.2, 0) is 0 Å². The topological polar surface area (TPSA) is 105 Å². The van der Waals surface area contributed by atoms with Crippen molar-refractivity contribution in [2.45, 2.75) is 64.0 Å². The summed E-state index contributed by atoms with van der Waals surface area (Å²) in [6.45, 7) is 6.25. The van der Waals surface area contributed by atoms with Gasteiger partial charge in [-0.1, -0.05) is 12.8 Å². The third kappa shape index (κ3) is 3.97. The molecule has 3 aromatic rings. The van der Waals surface area contributed by atoms with Crippen LogP contribution >= 0.6 is 0 Å². The minimum atomic E-state index is -0.244. The molecule has 2 saturated carbocycles. The van der Waals surface area contributed by atoms with Gasteiger partial charge in [-0.3, -0.25) is 14.2 Å². The first kappa shape index (κ1) is 22.2. The van der Waals surface area contributed by atoms with E-state index in [1.807, 2.05) is 12.3 Å². The second-order valence-corrected chi connectivity index (χ2v) is 10.3. The van der Waals surface area contributed by atoms with Gasteiger partial charge < -0.3 is 15.5 Å².